The molecule has 0 aliphatic heterocycles. The largest absolute Gasteiger partial charge is 0.488 e. The summed E-state index contributed by atoms with van der Waals surface area (Å²) >= 11 is 1.35. The van der Waals surface area contributed by atoms with Crippen molar-refractivity contribution < 1.29 is 14.2 Å². The summed E-state index contributed by atoms with van der Waals surface area (Å²) in [6.07, 6.45) is 3.83. The van der Waals surface area contributed by atoms with E-state index in [4.69, 9.17) is 4.18 Å². The van der Waals surface area contributed by atoms with Crippen LogP contribution >= 0.6 is 12.2 Å². The van der Waals surface area contributed by atoms with Crippen LogP contribution in [0.2, 0.25) is 0 Å². The number of hydrogen-bond donors (Lipinski definition) is 2. The van der Waals surface area contributed by atoms with Crippen molar-refractivity contribution in [3.05, 3.63) is 23.5 Å². The molecule has 0 aliphatic rings. The van der Waals surface area contributed by atoms with Crippen molar-refractivity contribution in [2.24, 2.45) is 0 Å². The summed E-state index contributed by atoms with van der Waals surface area (Å²) in [4.78, 5) is 4.40. The van der Waals surface area contributed by atoms with Crippen molar-refractivity contribution >= 4 is 24.8 Å². The molecule has 1 unspecified atom stereocenters. The van der Waals surface area contributed by atoms with Gasteiger partial charge in [0.1, 0.15) is 0 Å². The van der Waals surface area contributed by atoms with E-state index >= 15 is 0 Å². The third-order valence-electron chi connectivity index (χ3n) is 3.35. The Bertz CT molecular complexity index is 435. The van der Waals surface area contributed by atoms with Crippen molar-refractivity contribution in [2.75, 3.05) is 13.2 Å². The highest BCUT2D eigenvalue weighted by molar-refractivity contribution is 7.92. The minimum atomic E-state index is -1.47. The zero-order valence-corrected chi connectivity index (χ0v) is 14.1. The molecule has 118 valence electrons. The monoisotopic (exact) mass is 312 g/mol. The fraction of sp³-hybridized carbons (Fsp3) is 0.643. The molecular weight excluding hydrogens is 287 g/mol. The first kappa shape index (κ1) is 18.5. The average molecular weight is 312 g/mol. The van der Waals surface area contributed by atoms with Crippen LogP contribution in [-0.4, -0.2) is 39.6 Å². The third kappa shape index (κ3) is 5.60. The number of rotatable bonds is 9. The Kier molecular flexibility index (Phi) is 8.28. The quantitative estimate of drug-likeness (QED) is 0.314. The topological polar surface area (TPSA) is 65.8 Å². The maximum absolute atomic E-state index is 9.39. The molecule has 1 rings (SSSR count). The van der Waals surface area contributed by atoms with Gasteiger partial charge in [-0.05, 0) is 37.4 Å². The molecule has 0 spiro atoms. The van der Waals surface area contributed by atoms with Crippen molar-refractivity contribution in [1.29, 1.82) is 0 Å². The van der Waals surface area contributed by atoms with Gasteiger partial charge in [0.15, 0.2) is 0 Å². The summed E-state index contributed by atoms with van der Waals surface area (Å²) < 4.78 is 7.67. The van der Waals surface area contributed by atoms with Crippen LogP contribution < -0.4 is 5.46 Å². The zero-order chi connectivity index (χ0) is 15.8. The number of aryl methyl sites for hydroxylation is 1. The first-order valence-electron chi connectivity index (χ1n) is 7.40. The minimum absolute atomic E-state index is 0.0275. The van der Waals surface area contributed by atoms with Gasteiger partial charge >= 0.3 is 7.12 Å². The van der Waals surface area contributed by atoms with Gasteiger partial charge in [-0.1, -0.05) is 20.3 Å². The third-order valence-corrected chi connectivity index (χ3v) is 4.38. The van der Waals surface area contributed by atoms with Crippen molar-refractivity contribution in [3.63, 3.8) is 0 Å². The standard InChI is InChI=1S/C14H25BN2O3S/c1-5-7-8-20-21-17(6-2)12(4)14-9-13(15(18)19)11(3)10-16-14/h9-10,12,18-19H,5-8H2,1-4H3. The van der Waals surface area contributed by atoms with E-state index < -0.39 is 7.12 Å². The fourth-order valence-corrected chi connectivity index (χ4v) is 2.58. The molecule has 0 fully saturated rings. The van der Waals surface area contributed by atoms with E-state index in [1.54, 1.807) is 12.3 Å². The van der Waals surface area contributed by atoms with E-state index in [0.29, 0.717) is 5.46 Å². The van der Waals surface area contributed by atoms with Crippen LogP contribution in [0.15, 0.2) is 12.3 Å². The van der Waals surface area contributed by atoms with Gasteiger partial charge in [-0.15, -0.1) is 0 Å². The second-order valence-corrected chi connectivity index (χ2v) is 5.85. The van der Waals surface area contributed by atoms with Gasteiger partial charge in [-0.3, -0.25) is 4.98 Å². The maximum Gasteiger partial charge on any atom is 0.488 e. The van der Waals surface area contributed by atoms with Gasteiger partial charge in [-0.25, -0.2) is 4.31 Å². The Labute approximate surface area is 132 Å². The van der Waals surface area contributed by atoms with E-state index in [0.717, 1.165) is 37.3 Å². The molecular formula is C14H25BN2O3S. The number of hydrogen-bond acceptors (Lipinski definition) is 6. The van der Waals surface area contributed by atoms with Gasteiger partial charge in [0.05, 0.1) is 30.6 Å². The highest BCUT2D eigenvalue weighted by Crippen LogP contribution is 2.26. The number of pyridine rings is 1. The lowest BCUT2D eigenvalue weighted by molar-refractivity contribution is 0.306. The second kappa shape index (κ2) is 9.43. The van der Waals surface area contributed by atoms with Gasteiger partial charge in [-0.2, -0.15) is 0 Å². The number of aromatic nitrogens is 1. The molecule has 0 saturated carbocycles. The van der Waals surface area contributed by atoms with E-state index in [1.807, 2.05) is 13.8 Å². The summed E-state index contributed by atoms with van der Waals surface area (Å²) in [5.74, 6) is 0. The summed E-state index contributed by atoms with van der Waals surface area (Å²) in [6.45, 7) is 9.58. The first-order chi connectivity index (χ1) is 10.0. The van der Waals surface area contributed by atoms with Crippen LogP contribution in [0.5, 0.6) is 0 Å². The molecule has 1 aromatic heterocycles. The van der Waals surface area contributed by atoms with Crippen LogP contribution in [0.25, 0.3) is 0 Å². The summed E-state index contributed by atoms with van der Waals surface area (Å²) in [6, 6.07) is 1.78. The zero-order valence-electron chi connectivity index (χ0n) is 13.2. The minimum Gasteiger partial charge on any atom is -0.423 e. The van der Waals surface area contributed by atoms with Gasteiger partial charge < -0.3 is 14.2 Å². The van der Waals surface area contributed by atoms with Crippen LogP contribution in [-0.2, 0) is 4.18 Å². The lowest BCUT2D eigenvalue weighted by Crippen LogP contribution is -2.33. The lowest BCUT2D eigenvalue weighted by atomic mass is 9.77. The van der Waals surface area contributed by atoms with Gasteiger partial charge in [0.2, 0.25) is 0 Å². The summed E-state index contributed by atoms with van der Waals surface area (Å²) in [7, 11) is -1.47. The molecule has 2 N–H and O–H groups in total. The van der Waals surface area contributed by atoms with E-state index in [1.165, 1.54) is 12.2 Å². The van der Waals surface area contributed by atoms with Gasteiger partial charge in [0, 0.05) is 12.7 Å². The van der Waals surface area contributed by atoms with Crippen LogP contribution in [0.4, 0.5) is 0 Å². The van der Waals surface area contributed by atoms with E-state index in [-0.39, 0.29) is 6.04 Å². The predicted octanol–water partition coefficient (Wildman–Crippen LogP) is 1.83. The number of unbranched alkanes of at least 4 members (excludes halogenated alkanes) is 1. The molecule has 1 heterocycles. The molecule has 0 amide bonds. The molecule has 1 aromatic rings. The van der Waals surface area contributed by atoms with Crippen LogP contribution in [0.1, 0.15) is 50.9 Å². The Morgan fingerprint density at radius 3 is 2.71 bits per heavy atom. The molecule has 5 nitrogen and oxygen atoms in total. The highest BCUT2D eigenvalue weighted by atomic mass is 32.2. The normalized spacial score (nSPS) is 12.7. The molecule has 0 aliphatic carbocycles. The highest BCUT2D eigenvalue weighted by Gasteiger charge is 2.21. The van der Waals surface area contributed by atoms with Gasteiger partial charge in [0.25, 0.3) is 0 Å². The smallest absolute Gasteiger partial charge is 0.423 e. The number of nitrogens with zero attached hydrogens (tertiary/aromatic N) is 2. The van der Waals surface area contributed by atoms with E-state index in [9.17, 15) is 10.0 Å². The predicted molar refractivity (Wildman–Crippen MR) is 88.0 cm³/mol. The Morgan fingerprint density at radius 2 is 2.14 bits per heavy atom. The SMILES string of the molecule is CCCCOSN(CC)C(C)c1cc(B(O)O)c(C)cn1. The lowest BCUT2D eigenvalue weighted by Gasteiger charge is -2.25. The van der Waals surface area contributed by atoms with Crippen molar-refractivity contribution in [3.8, 4) is 0 Å². The first-order valence-corrected chi connectivity index (χ1v) is 8.09. The van der Waals surface area contributed by atoms with Crippen LogP contribution in [0, 0.1) is 6.92 Å². The molecule has 0 radical (unpaired) electrons. The van der Waals surface area contributed by atoms with Crippen molar-refractivity contribution in [1.82, 2.24) is 9.29 Å². The molecule has 0 saturated heterocycles. The summed E-state index contributed by atoms with van der Waals surface area (Å²) in [5.41, 5.74) is 2.08. The Morgan fingerprint density at radius 1 is 1.43 bits per heavy atom. The maximum atomic E-state index is 9.39. The molecule has 0 bridgehead atoms. The average Bonchev–Trinajstić information content (AvgIpc) is 2.47. The molecule has 0 aromatic carbocycles. The van der Waals surface area contributed by atoms with E-state index in [2.05, 4.69) is 23.1 Å². The fourth-order valence-electron chi connectivity index (χ4n) is 1.91. The Balaban J connectivity index is 2.75. The summed E-state index contributed by atoms with van der Waals surface area (Å²) in [5, 5.41) is 18.8. The van der Waals surface area contributed by atoms with Crippen LogP contribution in [0.3, 0.4) is 0 Å². The molecule has 1 atom stereocenters. The second-order valence-electron chi connectivity index (χ2n) is 5.00. The molecule has 21 heavy (non-hydrogen) atoms. The van der Waals surface area contributed by atoms with Crippen molar-refractivity contribution in [2.45, 2.75) is 46.6 Å². The molecule has 7 heteroatoms. The Hall–Kier alpha value is -0.595.